The molecular formula is C12H16F2N2O2. The summed E-state index contributed by atoms with van der Waals surface area (Å²) in [6, 6.07) is 1.36. The van der Waals surface area contributed by atoms with Crippen molar-refractivity contribution >= 4 is 11.4 Å². The minimum Gasteiger partial charge on any atom is -0.377 e. The van der Waals surface area contributed by atoms with Gasteiger partial charge in [-0.25, -0.2) is 8.78 Å². The van der Waals surface area contributed by atoms with Crippen LogP contribution in [0.25, 0.3) is 0 Å². The molecule has 0 atom stereocenters. The van der Waals surface area contributed by atoms with Gasteiger partial charge >= 0.3 is 0 Å². The van der Waals surface area contributed by atoms with E-state index in [-0.39, 0.29) is 5.69 Å². The predicted octanol–water partition coefficient (Wildman–Crippen LogP) is 3.72. The summed E-state index contributed by atoms with van der Waals surface area (Å²) >= 11 is 0. The number of nitrogens with one attached hydrogen (secondary N) is 1. The molecule has 0 spiro atoms. The first-order valence-electron chi connectivity index (χ1n) is 5.86. The number of hydrogen-bond donors (Lipinski definition) is 1. The molecule has 4 nitrogen and oxygen atoms in total. The Morgan fingerprint density at radius 2 is 1.94 bits per heavy atom. The third kappa shape index (κ3) is 3.38. The van der Waals surface area contributed by atoms with Crippen LogP contribution in [0.1, 0.15) is 26.7 Å². The standard InChI is InChI=1S/C12H16F2N2O2/c1-3-8(4-2)7-15-12-10(14)5-9(13)6-11(12)16(17)18/h5-6,8,15H,3-4,7H2,1-2H3. The van der Waals surface area contributed by atoms with Crippen LogP contribution in [0.5, 0.6) is 0 Å². The average Bonchev–Trinajstić information content (AvgIpc) is 2.31. The molecule has 0 amide bonds. The number of anilines is 1. The highest BCUT2D eigenvalue weighted by Crippen LogP contribution is 2.29. The Morgan fingerprint density at radius 1 is 1.33 bits per heavy atom. The van der Waals surface area contributed by atoms with Gasteiger partial charge < -0.3 is 5.32 Å². The fraction of sp³-hybridized carbons (Fsp3) is 0.500. The van der Waals surface area contributed by atoms with Crippen molar-refractivity contribution in [3.8, 4) is 0 Å². The Morgan fingerprint density at radius 3 is 2.44 bits per heavy atom. The van der Waals surface area contributed by atoms with Gasteiger partial charge in [0.05, 0.1) is 11.0 Å². The average molecular weight is 258 g/mol. The molecule has 0 radical (unpaired) electrons. The number of halogens is 2. The van der Waals surface area contributed by atoms with Gasteiger partial charge in [-0.2, -0.15) is 0 Å². The second-order valence-electron chi connectivity index (χ2n) is 4.10. The van der Waals surface area contributed by atoms with Crippen LogP contribution in [0.2, 0.25) is 0 Å². The highest BCUT2D eigenvalue weighted by Gasteiger charge is 2.20. The van der Waals surface area contributed by atoms with Crippen LogP contribution in [-0.4, -0.2) is 11.5 Å². The van der Waals surface area contributed by atoms with Gasteiger partial charge in [-0.05, 0) is 5.92 Å². The predicted molar refractivity (Wildman–Crippen MR) is 65.6 cm³/mol. The van der Waals surface area contributed by atoms with E-state index in [1.165, 1.54) is 0 Å². The number of benzene rings is 1. The molecule has 0 aliphatic heterocycles. The van der Waals surface area contributed by atoms with E-state index in [0.717, 1.165) is 18.9 Å². The maximum Gasteiger partial charge on any atom is 0.298 e. The Bertz CT molecular complexity index is 434. The normalized spacial score (nSPS) is 10.7. The van der Waals surface area contributed by atoms with Crippen LogP contribution in [0.4, 0.5) is 20.2 Å². The maximum absolute atomic E-state index is 13.5. The van der Waals surface area contributed by atoms with E-state index in [9.17, 15) is 18.9 Å². The summed E-state index contributed by atoms with van der Waals surface area (Å²) in [5, 5.41) is 13.5. The lowest BCUT2D eigenvalue weighted by molar-refractivity contribution is -0.384. The second-order valence-corrected chi connectivity index (χ2v) is 4.10. The van der Waals surface area contributed by atoms with E-state index in [1.54, 1.807) is 0 Å². The number of rotatable bonds is 6. The fourth-order valence-corrected chi connectivity index (χ4v) is 1.70. The zero-order chi connectivity index (χ0) is 13.7. The van der Waals surface area contributed by atoms with Gasteiger partial charge in [-0.15, -0.1) is 0 Å². The molecule has 0 heterocycles. The van der Waals surface area contributed by atoms with Crippen molar-refractivity contribution in [3.05, 3.63) is 33.9 Å². The molecule has 1 aromatic rings. The molecule has 0 saturated carbocycles. The van der Waals surface area contributed by atoms with Crippen LogP contribution in [-0.2, 0) is 0 Å². The van der Waals surface area contributed by atoms with Crippen molar-refractivity contribution in [2.45, 2.75) is 26.7 Å². The number of hydrogen-bond acceptors (Lipinski definition) is 3. The molecule has 0 saturated heterocycles. The zero-order valence-electron chi connectivity index (χ0n) is 10.4. The first kappa shape index (κ1) is 14.3. The second kappa shape index (κ2) is 6.28. The number of nitro groups is 1. The highest BCUT2D eigenvalue weighted by molar-refractivity contribution is 5.62. The molecular weight excluding hydrogens is 242 g/mol. The minimum absolute atomic E-state index is 0.242. The maximum atomic E-state index is 13.5. The zero-order valence-corrected chi connectivity index (χ0v) is 10.4. The summed E-state index contributed by atoms with van der Waals surface area (Å²) in [5.74, 6) is -1.59. The molecule has 18 heavy (non-hydrogen) atoms. The summed E-state index contributed by atoms with van der Waals surface area (Å²) in [4.78, 5) is 9.95. The van der Waals surface area contributed by atoms with E-state index in [1.807, 2.05) is 13.8 Å². The summed E-state index contributed by atoms with van der Waals surface area (Å²) < 4.78 is 26.4. The lowest BCUT2D eigenvalue weighted by atomic mass is 10.0. The SMILES string of the molecule is CCC(CC)CNc1c(F)cc(F)cc1[N+](=O)[O-]. The molecule has 1 rings (SSSR count). The molecule has 1 aromatic carbocycles. The van der Waals surface area contributed by atoms with E-state index < -0.39 is 22.2 Å². The van der Waals surface area contributed by atoms with Gasteiger partial charge in [0.2, 0.25) is 0 Å². The van der Waals surface area contributed by atoms with E-state index in [0.29, 0.717) is 18.5 Å². The van der Waals surface area contributed by atoms with Crippen molar-refractivity contribution in [3.63, 3.8) is 0 Å². The van der Waals surface area contributed by atoms with Crippen LogP contribution in [0, 0.1) is 27.7 Å². The largest absolute Gasteiger partial charge is 0.377 e. The number of nitrogens with zero attached hydrogens (tertiary/aromatic N) is 1. The fourth-order valence-electron chi connectivity index (χ4n) is 1.70. The van der Waals surface area contributed by atoms with Crippen LogP contribution in [0.3, 0.4) is 0 Å². The molecule has 1 N–H and O–H groups in total. The first-order valence-corrected chi connectivity index (χ1v) is 5.86. The van der Waals surface area contributed by atoms with Gasteiger partial charge in [0, 0.05) is 12.6 Å². The molecule has 100 valence electrons. The van der Waals surface area contributed by atoms with E-state index >= 15 is 0 Å². The van der Waals surface area contributed by atoms with Crippen molar-refractivity contribution in [1.29, 1.82) is 0 Å². The summed E-state index contributed by atoms with van der Waals surface area (Å²) in [6.45, 7) is 4.41. The van der Waals surface area contributed by atoms with Crippen molar-refractivity contribution in [2.24, 2.45) is 5.92 Å². The quantitative estimate of drug-likeness (QED) is 0.625. The van der Waals surface area contributed by atoms with Gasteiger partial charge in [-0.1, -0.05) is 26.7 Å². The topological polar surface area (TPSA) is 55.2 Å². The van der Waals surface area contributed by atoms with Crippen LogP contribution >= 0.6 is 0 Å². The molecule has 0 aliphatic carbocycles. The van der Waals surface area contributed by atoms with Gasteiger partial charge in [0.15, 0.2) is 5.82 Å². The van der Waals surface area contributed by atoms with Crippen molar-refractivity contribution < 1.29 is 13.7 Å². The smallest absolute Gasteiger partial charge is 0.298 e. The van der Waals surface area contributed by atoms with Crippen LogP contribution < -0.4 is 5.32 Å². The molecule has 0 aliphatic rings. The lowest BCUT2D eigenvalue weighted by Gasteiger charge is -2.14. The third-order valence-corrected chi connectivity index (χ3v) is 2.95. The van der Waals surface area contributed by atoms with Gasteiger partial charge in [-0.3, -0.25) is 10.1 Å². The minimum atomic E-state index is -0.952. The molecule has 0 aromatic heterocycles. The Hall–Kier alpha value is -1.72. The highest BCUT2D eigenvalue weighted by atomic mass is 19.1. The van der Waals surface area contributed by atoms with Gasteiger partial charge in [0.25, 0.3) is 5.69 Å². The van der Waals surface area contributed by atoms with E-state index in [4.69, 9.17) is 0 Å². The van der Waals surface area contributed by atoms with Gasteiger partial charge in [0.1, 0.15) is 11.5 Å². The number of nitro benzene ring substituents is 1. The van der Waals surface area contributed by atoms with Crippen LogP contribution in [0.15, 0.2) is 12.1 Å². The molecule has 0 bridgehead atoms. The van der Waals surface area contributed by atoms with Crippen molar-refractivity contribution in [2.75, 3.05) is 11.9 Å². The Labute approximate surface area is 104 Å². The lowest BCUT2D eigenvalue weighted by Crippen LogP contribution is -2.14. The summed E-state index contributed by atoms with van der Waals surface area (Å²) in [6.07, 6.45) is 1.78. The summed E-state index contributed by atoms with van der Waals surface area (Å²) in [5.41, 5.74) is -0.813. The monoisotopic (exact) mass is 258 g/mol. The molecule has 0 fully saturated rings. The molecule has 6 heteroatoms. The third-order valence-electron chi connectivity index (χ3n) is 2.95. The Balaban J connectivity index is 2.96. The molecule has 0 unspecified atom stereocenters. The first-order chi connectivity index (χ1) is 8.49. The Kier molecular flexibility index (Phi) is 5.00. The summed E-state index contributed by atoms with van der Waals surface area (Å²) in [7, 11) is 0. The van der Waals surface area contributed by atoms with Crippen molar-refractivity contribution in [1.82, 2.24) is 0 Å². The van der Waals surface area contributed by atoms with E-state index in [2.05, 4.69) is 5.32 Å².